The summed E-state index contributed by atoms with van der Waals surface area (Å²) in [5.74, 6) is 0.816. The minimum absolute atomic E-state index is 0.0579. The van der Waals surface area contributed by atoms with Crippen LogP contribution < -0.4 is 0 Å². The third-order valence-electron chi connectivity index (χ3n) is 3.83. The first-order chi connectivity index (χ1) is 12.1. The molecule has 1 aromatic heterocycles. The monoisotopic (exact) mass is 355 g/mol. The Morgan fingerprint density at radius 1 is 1.20 bits per heavy atom. The van der Waals surface area contributed by atoms with Gasteiger partial charge in [0.1, 0.15) is 6.54 Å². The summed E-state index contributed by atoms with van der Waals surface area (Å²) in [7, 11) is 0. The fourth-order valence-electron chi connectivity index (χ4n) is 2.49. The van der Waals surface area contributed by atoms with E-state index in [0.717, 1.165) is 11.1 Å². The van der Waals surface area contributed by atoms with Crippen molar-refractivity contribution in [3.05, 3.63) is 70.6 Å². The molecule has 6 heteroatoms. The third-order valence-corrected chi connectivity index (χ3v) is 4.08. The standard InChI is InChI=1S/C19H18ClN3O2/c1-3-23(19(24)15-6-4-5-13(2)11-15)12-17-21-18(22-25-17)14-7-9-16(20)10-8-14/h4-11H,3,12H2,1-2H3. The Labute approximate surface area is 151 Å². The van der Waals surface area contributed by atoms with Crippen molar-refractivity contribution in [2.45, 2.75) is 20.4 Å². The smallest absolute Gasteiger partial charge is 0.254 e. The fraction of sp³-hybridized carbons (Fsp3) is 0.211. The van der Waals surface area contributed by atoms with E-state index in [1.165, 1.54) is 0 Å². The van der Waals surface area contributed by atoms with E-state index in [1.807, 2.05) is 50.2 Å². The van der Waals surface area contributed by atoms with Gasteiger partial charge in [-0.3, -0.25) is 4.79 Å². The molecule has 0 fully saturated rings. The molecule has 0 saturated carbocycles. The molecule has 0 unspecified atom stereocenters. The molecule has 25 heavy (non-hydrogen) atoms. The van der Waals surface area contributed by atoms with Crippen molar-refractivity contribution >= 4 is 17.5 Å². The van der Waals surface area contributed by atoms with E-state index in [1.54, 1.807) is 17.0 Å². The van der Waals surface area contributed by atoms with Crippen LogP contribution in [0, 0.1) is 6.92 Å². The topological polar surface area (TPSA) is 59.2 Å². The fourth-order valence-corrected chi connectivity index (χ4v) is 2.61. The van der Waals surface area contributed by atoms with Crippen LogP contribution in [0.2, 0.25) is 5.02 Å². The van der Waals surface area contributed by atoms with Crippen molar-refractivity contribution in [2.75, 3.05) is 6.54 Å². The number of amides is 1. The van der Waals surface area contributed by atoms with Crippen LogP contribution in [0.3, 0.4) is 0 Å². The second-order valence-electron chi connectivity index (χ2n) is 5.71. The normalized spacial score (nSPS) is 10.7. The van der Waals surface area contributed by atoms with Gasteiger partial charge >= 0.3 is 0 Å². The lowest BCUT2D eigenvalue weighted by Gasteiger charge is -2.19. The number of benzene rings is 2. The van der Waals surface area contributed by atoms with Gasteiger partial charge in [0.2, 0.25) is 11.7 Å². The summed E-state index contributed by atoms with van der Waals surface area (Å²) in [5.41, 5.74) is 2.51. The van der Waals surface area contributed by atoms with Crippen molar-refractivity contribution in [1.82, 2.24) is 15.0 Å². The Morgan fingerprint density at radius 3 is 2.64 bits per heavy atom. The molecular formula is C19H18ClN3O2. The molecule has 0 aliphatic carbocycles. The first-order valence-electron chi connectivity index (χ1n) is 8.01. The highest BCUT2D eigenvalue weighted by molar-refractivity contribution is 6.30. The van der Waals surface area contributed by atoms with Gasteiger partial charge in [0.15, 0.2) is 0 Å². The molecule has 0 bridgehead atoms. The van der Waals surface area contributed by atoms with Crippen LogP contribution in [0.15, 0.2) is 53.1 Å². The molecule has 0 aliphatic heterocycles. The summed E-state index contributed by atoms with van der Waals surface area (Å²) in [6.07, 6.45) is 0. The predicted molar refractivity (Wildman–Crippen MR) is 96.3 cm³/mol. The van der Waals surface area contributed by atoms with E-state index in [2.05, 4.69) is 10.1 Å². The van der Waals surface area contributed by atoms with Crippen LogP contribution in [0.5, 0.6) is 0 Å². The third kappa shape index (κ3) is 4.06. The largest absolute Gasteiger partial charge is 0.337 e. The van der Waals surface area contributed by atoms with Gasteiger partial charge in [-0.1, -0.05) is 34.5 Å². The zero-order chi connectivity index (χ0) is 17.8. The molecule has 0 spiro atoms. The summed E-state index contributed by atoms with van der Waals surface area (Å²) in [5, 5.41) is 4.63. The van der Waals surface area contributed by atoms with E-state index in [4.69, 9.17) is 16.1 Å². The minimum Gasteiger partial charge on any atom is -0.337 e. The molecule has 0 saturated heterocycles. The minimum atomic E-state index is -0.0579. The van der Waals surface area contributed by atoms with Gasteiger partial charge in [0.25, 0.3) is 5.91 Å². The number of carbonyl (C=O) groups excluding carboxylic acids is 1. The van der Waals surface area contributed by atoms with Crippen LogP contribution in [-0.4, -0.2) is 27.5 Å². The van der Waals surface area contributed by atoms with E-state index in [-0.39, 0.29) is 12.5 Å². The molecule has 0 radical (unpaired) electrons. The number of aryl methyl sites for hydroxylation is 1. The van der Waals surface area contributed by atoms with E-state index >= 15 is 0 Å². The summed E-state index contributed by atoms with van der Waals surface area (Å²) >= 11 is 5.89. The van der Waals surface area contributed by atoms with Gasteiger partial charge in [-0.25, -0.2) is 0 Å². The molecule has 0 aliphatic rings. The number of hydrogen-bond acceptors (Lipinski definition) is 4. The average molecular weight is 356 g/mol. The maximum absolute atomic E-state index is 12.7. The van der Waals surface area contributed by atoms with Gasteiger partial charge in [-0.05, 0) is 50.2 Å². The van der Waals surface area contributed by atoms with Gasteiger partial charge in [0.05, 0.1) is 0 Å². The highest BCUT2D eigenvalue weighted by atomic mass is 35.5. The molecule has 1 amide bonds. The first kappa shape index (κ1) is 17.2. The molecule has 2 aromatic carbocycles. The van der Waals surface area contributed by atoms with Crippen molar-refractivity contribution in [2.24, 2.45) is 0 Å². The van der Waals surface area contributed by atoms with Crippen LogP contribution >= 0.6 is 11.6 Å². The van der Waals surface area contributed by atoms with Crippen LogP contribution in [0.4, 0.5) is 0 Å². The number of rotatable bonds is 5. The van der Waals surface area contributed by atoms with Crippen molar-refractivity contribution < 1.29 is 9.32 Å². The first-order valence-corrected chi connectivity index (χ1v) is 8.39. The number of halogens is 1. The molecule has 1 heterocycles. The van der Waals surface area contributed by atoms with Gasteiger partial charge in [-0.15, -0.1) is 0 Å². The summed E-state index contributed by atoms with van der Waals surface area (Å²) in [6, 6.07) is 14.7. The number of carbonyl (C=O) groups is 1. The Morgan fingerprint density at radius 2 is 1.96 bits per heavy atom. The average Bonchev–Trinajstić information content (AvgIpc) is 3.08. The van der Waals surface area contributed by atoms with E-state index < -0.39 is 0 Å². The molecule has 128 valence electrons. The lowest BCUT2D eigenvalue weighted by molar-refractivity contribution is 0.0734. The van der Waals surface area contributed by atoms with Crippen molar-refractivity contribution in [3.8, 4) is 11.4 Å². The summed E-state index contributed by atoms with van der Waals surface area (Å²) < 4.78 is 5.30. The number of aromatic nitrogens is 2. The van der Waals surface area contributed by atoms with Crippen molar-refractivity contribution in [3.63, 3.8) is 0 Å². The quantitative estimate of drug-likeness (QED) is 0.682. The van der Waals surface area contributed by atoms with Gasteiger partial charge in [-0.2, -0.15) is 4.98 Å². The van der Waals surface area contributed by atoms with E-state index in [9.17, 15) is 4.79 Å². The van der Waals surface area contributed by atoms with Crippen LogP contribution in [0.1, 0.15) is 28.7 Å². The molecule has 0 N–H and O–H groups in total. The number of nitrogens with zero attached hydrogens (tertiary/aromatic N) is 3. The zero-order valence-electron chi connectivity index (χ0n) is 14.1. The maximum atomic E-state index is 12.7. The Hall–Kier alpha value is -2.66. The molecule has 3 aromatic rings. The number of hydrogen-bond donors (Lipinski definition) is 0. The van der Waals surface area contributed by atoms with Gasteiger partial charge < -0.3 is 9.42 Å². The lowest BCUT2D eigenvalue weighted by atomic mass is 10.1. The Bertz CT molecular complexity index is 874. The van der Waals surface area contributed by atoms with Crippen LogP contribution in [0.25, 0.3) is 11.4 Å². The zero-order valence-corrected chi connectivity index (χ0v) is 14.8. The van der Waals surface area contributed by atoms with E-state index in [0.29, 0.717) is 28.8 Å². The Balaban J connectivity index is 1.76. The molecular weight excluding hydrogens is 338 g/mol. The molecule has 0 atom stereocenters. The second-order valence-corrected chi connectivity index (χ2v) is 6.14. The molecule has 3 rings (SSSR count). The van der Waals surface area contributed by atoms with Gasteiger partial charge in [0, 0.05) is 22.7 Å². The lowest BCUT2D eigenvalue weighted by Crippen LogP contribution is -2.30. The van der Waals surface area contributed by atoms with Crippen molar-refractivity contribution in [1.29, 1.82) is 0 Å². The predicted octanol–water partition coefficient (Wildman–Crippen LogP) is 4.36. The maximum Gasteiger partial charge on any atom is 0.254 e. The van der Waals surface area contributed by atoms with Crippen LogP contribution in [-0.2, 0) is 6.54 Å². The summed E-state index contributed by atoms with van der Waals surface area (Å²) in [6.45, 7) is 4.70. The molecule has 5 nitrogen and oxygen atoms in total. The SMILES string of the molecule is CCN(Cc1nc(-c2ccc(Cl)cc2)no1)C(=O)c1cccc(C)c1. The summed E-state index contributed by atoms with van der Waals surface area (Å²) in [4.78, 5) is 18.7. The highest BCUT2D eigenvalue weighted by Crippen LogP contribution is 2.19. The highest BCUT2D eigenvalue weighted by Gasteiger charge is 2.18. The second kappa shape index (κ2) is 7.49. The Kier molecular flexibility index (Phi) is 5.14.